The Labute approximate surface area is 202 Å². The number of piperazine rings is 1. The number of rotatable bonds is 5. The van der Waals surface area contributed by atoms with Gasteiger partial charge in [0.15, 0.2) is 0 Å². The zero-order valence-electron chi connectivity index (χ0n) is 18.7. The molecule has 3 aliphatic heterocycles. The van der Waals surface area contributed by atoms with E-state index in [9.17, 15) is 4.79 Å². The Morgan fingerprint density at radius 1 is 0.938 bits per heavy atom. The van der Waals surface area contributed by atoms with Crippen LogP contribution in [0.1, 0.15) is 29.2 Å². The molecule has 1 aromatic heterocycles. The fraction of sp³-hybridized carbons (Fsp3) is 0.542. The largest absolute Gasteiger partial charge is 0.496 e. The number of pyridine rings is 1. The third-order valence-electron chi connectivity index (χ3n) is 7.03. The van der Waals surface area contributed by atoms with Crippen LogP contribution in [0.25, 0.3) is 0 Å². The number of nitrogens with zero attached hydrogens (tertiary/aromatic N) is 3. The number of fused-ring (bicyclic) bond motifs is 4. The van der Waals surface area contributed by atoms with Crippen molar-refractivity contribution in [2.75, 3.05) is 46.4 Å². The number of hydrogen-bond acceptors (Lipinski definition) is 5. The van der Waals surface area contributed by atoms with Gasteiger partial charge in [0.2, 0.25) is 0 Å². The van der Waals surface area contributed by atoms with Crippen LogP contribution in [-0.2, 0) is 19.6 Å². The van der Waals surface area contributed by atoms with E-state index >= 15 is 0 Å². The number of benzene rings is 1. The number of methoxy groups -OCH3 is 1. The Kier molecular flexibility index (Phi) is 8.64. The maximum Gasteiger partial charge on any atom is 0.255 e. The van der Waals surface area contributed by atoms with E-state index in [0.717, 1.165) is 70.2 Å². The topological polar surface area (TPSA) is 49.7 Å². The van der Waals surface area contributed by atoms with E-state index in [1.807, 2.05) is 12.1 Å². The Balaban J connectivity index is 0.00000144. The van der Waals surface area contributed by atoms with Gasteiger partial charge in [0.25, 0.3) is 5.56 Å². The summed E-state index contributed by atoms with van der Waals surface area (Å²) in [6.45, 7) is 8.60. The van der Waals surface area contributed by atoms with Crippen molar-refractivity contribution in [1.82, 2.24) is 19.7 Å². The summed E-state index contributed by atoms with van der Waals surface area (Å²) in [5, 5.41) is 3.52. The summed E-state index contributed by atoms with van der Waals surface area (Å²) < 4.78 is 7.57. The quantitative estimate of drug-likeness (QED) is 0.712. The van der Waals surface area contributed by atoms with Gasteiger partial charge in [-0.1, -0.05) is 24.3 Å². The number of hydrogen-bond donors (Lipinski definition) is 1. The summed E-state index contributed by atoms with van der Waals surface area (Å²) in [5.74, 6) is 2.06. The molecule has 2 bridgehead atoms. The average molecular weight is 481 g/mol. The predicted molar refractivity (Wildman–Crippen MR) is 132 cm³/mol. The highest BCUT2D eigenvalue weighted by Gasteiger charge is 2.31. The number of ether oxygens (including phenoxy) is 1. The van der Waals surface area contributed by atoms with Crippen LogP contribution in [0.4, 0.5) is 0 Å². The van der Waals surface area contributed by atoms with Crippen molar-refractivity contribution in [2.45, 2.75) is 32.0 Å². The molecule has 0 amide bonds. The molecule has 2 saturated heterocycles. The first-order valence-electron chi connectivity index (χ1n) is 11.2. The number of nitrogens with one attached hydrogen (secondary N) is 1. The lowest BCUT2D eigenvalue weighted by Crippen LogP contribution is -2.47. The normalized spacial score (nSPS) is 22.9. The molecule has 8 heteroatoms. The van der Waals surface area contributed by atoms with Crippen molar-refractivity contribution in [2.24, 2.45) is 5.92 Å². The molecule has 4 heterocycles. The smallest absolute Gasteiger partial charge is 0.255 e. The molecule has 0 unspecified atom stereocenters. The Morgan fingerprint density at radius 2 is 1.62 bits per heavy atom. The third kappa shape index (κ3) is 5.15. The monoisotopic (exact) mass is 480 g/mol. The molecule has 3 aliphatic rings. The lowest BCUT2D eigenvalue weighted by atomic mass is 9.84. The number of halogens is 2. The maximum absolute atomic E-state index is 13.2. The standard InChI is InChI=1S/C24H32N4O2.2ClH/c1-30-23-5-3-2-4-19(23)16-26-8-10-27(11-9-26)17-20-6-7-22-21-12-18(13-25-14-21)15-28(22)24(20)29;;/h2-7,18,21,25H,8-17H2,1H3;2*1H/t18-,21+;;/m0../s1. The zero-order valence-corrected chi connectivity index (χ0v) is 20.3. The van der Waals surface area contributed by atoms with Crippen LogP contribution < -0.4 is 15.6 Å². The van der Waals surface area contributed by atoms with E-state index in [4.69, 9.17) is 4.74 Å². The van der Waals surface area contributed by atoms with Crippen LogP contribution in [0.2, 0.25) is 0 Å². The Morgan fingerprint density at radius 3 is 2.34 bits per heavy atom. The lowest BCUT2D eigenvalue weighted by molar-refractivity contribution is 0.120. The molecule has 0 radical (unpaired) electrons. The molecule has 2 fully saturated rings. The second kappa shape index (κ2) is 11.0. The highest BCUT2D eigenvalue weighted by atomic mass is 35.5. The first-order valence-corrected chi connectivity index (χ1v) is 11.2. The number of piperidine rings is 1. The van der Waals surface area contributed by atoms with Crippen LogP contribution in [0.5, 0.6) is 5.75 Å². The maximum atomic E-state index is 13.2. The molecule has 32 heavy (non-hydrogen) atoms. The fourth-order valence-corrected chi connectivity index (χ4v) is 5.38. The van der Waals surface area contributed by atoms with Gasteiger partial charge in [-0.25, -0.2) is 0 Å². The summed E-state index contributed by atoms with van der Waals surface area (Å²) in [6.07, 6.45) is 1.22. The van der Waals surface area contributed by atoms with E-state index in [2.05, 4.69) is 43.9 Å². The summed E-state index contributed by atoms with van der Waals surface area (Å²) in [5.41, 5.74) is 3.65. The Bertz CT molecular complexity index is 959. The highest BCUT2D eigenvalue weighted by Crippen LogP contribution is 2.31. The van der Waals surface area contributed by atoms with E-state index in [0.29, 0.717) is 11.8 Å². The average Bonchev–Trinajstić information content (AvgIpc) is 2.78. The molecule has 0 spiro atoms. The van der Waals surface area contributed by atoms with Crippen LogP contribution in [-0.4, -0.2) is 60.7 Å². The molecule has 2 atom stereocenters. The second-order valence-corrected chi connectivity index (χ2v) is 9.02. The molecular formula is C24H34Cl2N4O2. The summed E-state index contributed by atoms with van der Waals surface area (Å²) >= 11 is 0. The van der Waals surface area contributed by atoms with Crippen LogP contribution in [0, 0.1) is 5.92 Å². The summed E-state index contributed by atoms with van der Waals surface area (Å²) in [6, 6.07) is 12.6. The van der Waals surface area contributed by atoms with E-state index < -0.39 is 0 Å². The SMILES string of the molecule is COc1ccccc1CN1CCN(Cc2ccc3n(c2=O)C[C@@H]2CNC[C@H]3C2)CC1.Cl.Cl. The van der Waals surface area contributed by atoms with Gasteiger partial charge >= 0.3 is 0 Å². The van der Waals surface area contributed by atoms with Crippen molar-refractivity contribution in [3.05, 3.63) is 63.6 Å². The molecule has 5 rings (SSSR count). The molecule has 1 N–H and O–H groups in total. The van der Waals surface area contributed by atoms with Crippen molar-refractivity contribution < 1.29 is 4.74 Å². The second-order valence-electron chi connectivity index (χ2n) is 9.02. The lowest BCUT2D eigenvalue weighted by Gasteiger charge is -2.38. The third-order valence-corrected chi connectivity index (χ3v) is 7.03. The van der Waals surface area contributed by atoms with Gasteiger partial charge in [0.1, 0.15) is 5.75 Å². The van der Waals surface area contributed by atoms with Gasteiger partial charge in [0, 0.05) is 75.1 Å². The minimum absolute atomic E-state index is 0. The molecule has 0 aliphatic carbocycles. The first-order chi connectivity index (χ1) is 14.7. The zero-order chi connectivity index (χ0) is 20.5. The van der Waals surface area contributed by atoms with E-state index in [-0.39, 0.29) is 30.4 Å². The summed E-state index contributed by atoms with van der Waals surface area (Å²) in [7, 11) is 1.73. The van der Waals surface area contributed by atoms with Gasteiger partial charge in [-0.2, -0.15) is 0 Å². The van der Waals surface area contributed by atoms with Crippen LogP contribution in [0.3, 0.4) is 0 Å². The Hall–Kier alpha value is -1.57. The van der Waals surface area contributed by atoms with E-state index in [1.54, 1.807) is 7.11 Å². The summed E-state index contributed by atoms with van der Waals surface area (Å²) in [4.78, 5) is 18.1. The van der Waals surface area contributed by atoms with Crippen LogP contribution >= 0.6 is 24.8 Å². The highest BCUT2D eigenvalue weighted by molar-refractivity contribution is 5.85. The predicted octanol–water partition coefficient (Wildman–Crippen LogP) is 2.73. The van der Waals surface area contributed by atoms with E-state index in [1.165, 1.54) is 17.7 Å². The van der Waals surface area contributed by atoms with Crippen molar-refractivity contribution in [1.29, 1.82) is 0 Å². The van der Waals surface area contributed by atoms with Gasteiger partial charge in [-0.15, -0.1) is 24.8 Å². The molecule has 0 saturated carbocycles. The molecule has 1 aromatic carbocycles. The van der Waals surface area contributed by atoms with Crippen molar-refractivity contribution in [3.63, 3.8) is 0 Å². The van der Waals surface area contributed by atoms with Crippen molar-refractivity contribution in [3.8, 4) is 5.75 Å². The van der Waals surface area contributed by atoms with Gasteiger partial charge in [-0.05, 0) is 31.0 Å². The van der Waals surface area contributed by atoms with Gasteiger partial charge < -0.3 is 14.6 Å². The minimum atomic E-state index is 0. The van der Waals surface area contributed by atoms with Gasteiger partial charge in [0.05, 0.1) is 7.11 Å². The number of aromatic nitrogens is 1. The molecule has 6 nitrogen and oxygen atoms in total. The van der Waals surface area contributed by atoms with Gasteiger partial charge in [-0.3, -0.25) is 14.6 Å². The van der Waals surface area contributed by atoms with Crippen molar-refractivity contribution >= 4 is 24.8 Å². The fourth-order valence-electron chi connectivity index (χ4n) is 5.38. The first kappa shape index (κ1) is 25.1. The minimum Gasteiger partial charge on any atom is -0.496 e. The molecular weight excluding hydrogens is 447 g/mol. The molecule has 2 aromatic rings. The molecule has 176 valence electrons. The number of para-hydroxylation sites is 1. The van der Waals surface area contributed by atoms with Crippen LogP contribution in [0.15, 0.2) is 41.2 Å².